The normalized spacial score (nSPS) is 15.8. The van der Waals surface area contributed by atoms with E-state index in [2.05, 4.69) is 0 Å². The van der Waals surface area contributed by atoms with E-state index < -0.39 is 0 Å². The monoisotopic (exact) mass is 444 g/mol. The van der Waals surface area contributed by atoms with Gasteiger partial charge in [-0.1, -0.05) is 18.9 Å². The van der Waals surface area contributed by atoms with E-state index in [1.165, 1.54) is 24.2 Å². The quantitative estimate of drug-likeness (QED) is 0.419. The number of halogens is 3. The summed E-state index contributed by atoms with van der Waals surface area (Å²) in [6.45, 7) is 0.569. The summed E-state index contributed by atoms with van der Waals surface area (Å²) in [5.74, 6) is 0.186. The van der Waals surface area contributed by atoms with Gasteiger partial charge in [0.2, 0.25) is 0 Å². The van der Waals surface area contributed by atoms with Crippen molar-refractivity contribution in [3.63, 3.8) is 0 Å². The SMILES string of the molecule is Fc1c(I)ccc2c1sc1c(F)c(OCC3CCCC3)ccc12. The zero-order valence-corrected chi connectivity index (χ0v) is 15.3. The summed E-state index contributed by atoms with van der Waals surface area (Å²) < 4.78 is 36.3. The second-order valence-electron chi connectivity index (χ2n) is 6.06. The number of hydrogen-bond acceptors (Lipinski definition) is 2. The van der Waals surface area contributed by atoms with Gasteiger partial charge < -0.3 is 4.74 Å². The van der Waals surface area contributed by atoms with Crippen LogP contribution < -0.4 is 4.74 Å². The third kappa shape index (κ3) is 2.71. The molecule has 1 aromatic heterocycles. The van der Waals surface area contributed by atoms with Crippen LogP contribution in [0.1, 0.15) is 25.7 Å². The van der Waals surface area contributed by atoms with Crippen LogP contribution in [0, 0.1) is 21.1 Å². The molecule has 1 aliphatic rings. The highest BCUT2D eigenvalue weighted by Crippen LogP contribution is 2.40. The highest BCUT2D eigenvalue weighted by atomic mass is 127. The highest BCUT2D eigenvalue weighted by Gasteiger charge is 2.19. The van der Waals surface area contributed by atoms with E-state index in [1.54, 1.807) is 12.1 Å². The maximum Gasteiger partial charge on any atom is 0.182 e. The zero-order valence-electron chi connectivity index (χ0n) is 12.4. The molecule has 1 heterocycles. The van der Waals surface area contributed by atoms with Crippen LogP contribution in [0.3, 0.4) is 0 Å². The molecule has 0 bridgehead atoms. The lowest BCUT2D eigenvalue weighted by atomic mass is 10.1. The molecule has 0 amide bonds. The van der Waals surface area contributed by atoms with Gasteiger partial charge in [-0.15, -0.1) is 11.3 Å². The summed E-state index contributed by atoms with van der Waals surface area (Å²) in [6, 6.07) is 7.10. The molecule has 0 radical (unpaired) electrons. The Morgan fingerprint density at radius 3 is 2.39 bits per heavy atom. The average Bonchev–Trinajstić information content (AvgIpc) is 3.18. The van der Waals surface area contributed by atoms with Gasteiger partial charge in [0.05, 0.1) is 19.6 Å². The minimum atomic E-state index is -0.365. The van der Waals surface area contributed by atoms with Crippen molar-refractivity contribution in [1.82, 2.24) is 0 Å². The molecule has 0 aliphatic heterocycles. The van der Waals surface area contributed by atoms with Gasteiger partial charge in [-0.3, -0.25) is 0 Å². The summed E-state index contributed by atoms with van der Waals surface area (Å²) in [6.07, 6.45) is 4.81. The lowest BCUT2D eigenvalue weighted by Gasteiger charge is -2.12. The van der Waals surface area contributed by atoms with E-state index >= 15 is 0 Å². The average molecular weight is 444 g/mol. The molecule has 0 spiro atoms. The molecule has 0 atom stereocenters. The van der Waals surface area contributed by atoms with E-state index in [4.69, 9.17) is 4.74 Å². The third-order valence-electron chi connectivity index (χ3n) is 4.56. The fraction of sp³-hybridized carbons (Fsp3) is 0.333. The summed E-state index contributed by atoms with van der Waals surface area (Å²) >= 11 is 3.13. The van der Waals surface area contributed by atoms with Crippen LogP contribution in [0.15, 0.2) is 24.3 Å². The van der Waals surface area contributed by atoms with Crippen molar-refractivity contribution in [3.8, 4) is 5.75 Å². The fourth-order valence-corrected chi connectivity index (χ4v) is 5.09. The summed E-state index contributed by atoms with van der Waals surface area (Å²) in [7, 11) is 0. The van der Waals surface area contributed by atoms with Gasteiger partial charge in [-0.2, -0.15) is 0 Å². The van der Waals surface area contributed by atoms with Gasteiger partial charge in [-0.25, -0.2) is 8.78 Å². The first-order valence-corrected chi connectivity index (χ1v) is 9.66. The van der Waals surface area contributed by atoms with E-state index in [-0.39, 0.29) is 17.4 Å². The number of hydrogen-bond donors (Lipinski definition) is 0. The van der Waals surface area contributed by atoms with E-state index in [9.17, 15) is 8.78 Å². The van der Waals surface area contributed by atoms with Crippen molar-refractivity contribution in [2.75, 3.05) is 6.61 Å². The first-order chi connectivity index (χ1) is 11.1. The van der Waals surface area contributed by atoms with Gasteiger partial charge >= 0.3 is 0 Å². The Hall–Kier alpha value is -0.950. The zero-order chi connectivity index (χ0) is 16.0. The molecule has 120 valence electrons. The summed E-state index contributed by atoms with van der Waals surface area (Å²) in [4.78, 5) is 0. The molecule has 0 unspecified atom stereocenters. The lowest BCUT2D eigenvalue weighted by molar-refractivity contribution is 0.243. The number of thiophene rings is 1. The molecule has 23 heavy (non-hydrogen) atoms. The molecule has 5 heteroatoms. The standard InChI is InChI=1S/C18H15F2IOS/c19-15-13(21)7-5-11-12-6-8-14(16(20)18(12)23-17(11)15)22-9-10-3-1-2-4-10/h5-8,10H,1-4,9H2. The Bertz CT molecular complexity index is 884. The van der Waals surface area contributed by atoms with Crippen molar-refractivity contribution in [2.45, 2.75) is 25.7 Å². The van der Waals surface area contributed by atoms with E-state index in [1.807, 2.05) is 34.7 Å². The van der Waals surface area contributed by atoms with E-state index in [0.29, 0.717) is 25.5 Å². The molecule has 3 aromatic rings. The second-order valence-corrected chi connectivity index (χ2v) is 8.24. The Labute approximate surface area is 150 Å². The number of rotatable bonds is 3. The largest absolute Gasteiger partial charge is 0.490 e. The number of fused-ring (bicyclic) bond motifs is 3. The minimum absolute atomic E-state index is 0.267. The molecule has 0 saturated heterocycles. The second kappa shape index (κ2) is 6.16. The number of ether oxygens (including phenoxy) is 1. The predicted molar refractivity (Wildman–Crippen MR) is 99.4 cm³/mol. The van der Waals surface area contributed by atoms with Crippen LogP contribution in [-0.2, 0) is 0 Å². The lowest BCUT2D eigenvalue weighted by Crippen LogP contribution is -2.08. The van der Waals surface area contributed by atoms with Crippen molar-refractivity contribution < 1.29 is 13.5 Å². The van der Waals surface area contributed by atoms with Gasteiger partial charge in [-0.05, 0) is 59.5 Å². The molecule has 1 aliphatic carbocycles. The molecule has 0 N–H and O–H groups in total. The van der Waals surface area contributed by atoms with Gasteiger partial charge in [0.1, 0.15) is 0 Å². The van der Waals surface area contributed by atoms with Crippen molar-refractivity contribution >= 4 is 54.1 Å². The molecule has 2 aromatic carbocycles. The first-order valence-electron chi connectivity index (χ1n) is 7.76. The van der Waals surface area contributed by atoms with Crippen LogP contribution in [0.4, 0.5) is 8.78 Å². The van der Waals surface area contributed by atoms with Gasteiger partial charge in [0.25, 0.3) is 0 Å². The molecule has 4 rings (SSSR count). The smallest absolute Gasteiger partial charge is 0.182 e. The maximum absolute atomic E-state index is 14.8. The fourth-order valence-electron chi connectivity index (χ4n) is 3.29. The summed E-state index contributed by atoms with van der Waals surface area (Å²) in [5.41, 5.74) is 0. The Morgan fingerprint density at radius 2 is 1.65 bits per heavy atom. The maximum atomic E-state index is 14.8. The van der Waals surface area contributed by atoms with Crippen LogP contribution >= 0.6 is 33.9 Å². The van der Waals surface area contributed by atoms with Crippen LogP contribution in [0.2, 0.25) is 0 Å². The molecular formula is C18H15F2IOS. The summed E-state index contributed by atoms with van der Waals surface area (Å²) in [5, 5.41) is 1.52. The minimum Gasteiger partial charge on any atom is -0.490 e. The van der Waals surface area contributed by atoms with Gasteiger partial charge in [0.15, 0.2) is 17.4 Å². The highest BCUT2D eigenvalue weighted by molar-refractivity contribution is 14.1. The molecule has 1 saturated carbocycles. The van der Waals surface area contributed by atoms with Crippen LogP contribution in [0.5, 0.6) is 5.75 Å². The van der Waals surface area contributed by atoms with Crippen LogP contribution in [0.25, 0.3) is 20.2 Å². The van der Waals surface area contributed by atoms with E-state index in [0.717, 1.165) is 23.6 Å². The first kappa shape index (κ1) is 15.6. The van der Waals surface area contributed by atoms with Crippen molar-refractivity contribution in [2.24, 2.45) is 5.92 Å². The Kier molecular flexibility index (Phi) is 4.17. The van der Waals surface area contributed by atoms with Crippen LogP contribution in [-0.4, -0.2) is 6.61 Å². The topological polar surface area (TPSA) is 9.23 Å². The molecule has 1 nitrogen and oxygen atoms in total. The van der Waals surface area contributed by atoms with Crippen molar-refractivity contribution in [3.05, 3.63) is 39.5 Å². The van der Waals surface area contributed by atoms with Crippen molar-refractivity contribution in [1.29, 1.82) is 0 Å². The Morgan fingerprint density at radius 1 is 1.00 bits per heavy atom. The molecular weight excluding hydrogens is 429 g/mol. The van der Waals surface area contributed by atoms with Gasteiger partial charge in [0, 0.05) is 10.8 Å². The Balaban J connectivity index is 1.75. The third-order valence-corrected chi connectivity index (χ3v) is 6.59. The molecule has 1 fully saturated rings. The predicted octanol–water partition coefficient (Wildman–Crippen LogP) is 6.51. The number of benzene rings is 2.